The number of hydrogen-bond acceptors (Lipinski definition) is 4. The van der Waals surface area contributed by atoms with E-state index in [-0.39, 0.29) is 5.91 Å². The van der Waals surface area contributed by atoms with Crippen LogP contribution in [0.2, 0.25) is 0 Å². The molecule has 29 heavy (non-hydrogen) atoms. The Labute approximate surface area is 171 Å². The largest absolute Gasteiger partial charge is 0.416 e. The molecule has 1 amide bonds. The molecular formula is C24H27N3O2. The molecule has 1 aliphatic rings. The van der Waals surface area contributed by atoms with Gasteiger partial charge < -0.3 is 9.73 Å². The third-order valence-corrected chi connectivity index (χ3v) is 5.64. The summed E-state index contributed by atoms with van der Waals surface area (Å²) < 4.78 is 5.81. The maximum absolute atomic E-state index is 12.2. The smallest absolute Gasteiger partial charge is 0.248 e. The molecule has 0 saturated heterocycles. The van der Waals surface area contributed by atoms with E-state index in [0.29, 0.717) is 18.2 Å². The highest BCUT2D eigenvalue weighted by Gasteiger charge is 2.15. The van der Waals surface area contributed by atoms with Crippen LogP contribution in [-0.2, 0) is 4.79 Å². The fourth-order valence-electron chi connectivity index (χ4n) is 3.88. The summed E-state index contributed by atoms with van der Waals surface area (Å²) in [5, 5.41) is 11.3. The molecule has 0 aliphatic heterocycles. The maximum Gasteiger partial charge on any atom is 0.248 e. The second-order valence-corrected chi connectivity index (χ2v) is 7.95. The van der Waals surface area contributed by atoms with Crippen molar-refractivity contribution in [3.05, 3.63) is 54.1 Å². The van der Waals surface area contributed by atoms with E-state index in [2.05, 4.69) is 15.5 Å². The number of amides is 1. The molecule has 0 spiro atoms. The molecular weight excluding hydrogens is 362 g/mol. The first-order chi connectivity index (χ1) is 14.2. The first-order valence-corrected chi connectivity index (χ1v) is 10.5. The third kappa shape index (κ3) is 5.11. The first kappa shape index (κ1) is 19.4. The fraction of sp³-hybridized carbons (Fsp3) is 0.375. The monoisotopic (exact) mass is 389 g/mol. The number of nitrogens with zero attached hydrogens (tertiary/aromatic N) is 2. The van der Waals surface area contributed by atoms with Crippen LogP contribution in [0.25, 0.3) is 22.9 Å². The molecule has 1 fully saturated rings. The highest BCUT2D eigenvalue weighted by atomic mass is 16.4. The predicted octanol–water partition coefficient (Wildman–Crippen LogP) is 6.01. The van der Waals surface area contributed by atoms with Crippen molar-refractivity contribution in [2.24, 2.45) is 5.92 Å². The van der Waals surface area contributed by atoms with Crippen LogP contribution in [0.4, 0.5) is 5.69 Å². The van der Waals surface area contributed by atoms with Gasteiger partial charge in [0.1, 0.15) is 0 Å². The van der Waals surface area contributed by atoms with Gasteiger partial charge in [-0.25, -0.2) is 0 Å². The number of aryl methyl sites for hydroxylation is 1. The number of nitrogens with one attached hydrogen (secondary N) is 1. The van der Waals surface area contributed by atoms with Crippen LogP contribution in [0.1, 0.15) is 50.5 Å². The predicted molar refractivity (Wildman–Crippen MR) is 114 cm³/mol. The molecule has 0 bridgehead atoms. The second-order valence-electron chi connectivity index (χ2n) is 7.95. The molecule has 150 valence electrons. The number of benzene rings is 2. The zero-order valence-corrected chi connectivity index (χ0v) is 16.9. The van der Waals surface area contributed by atoms with Crippen molar-refractivity contribution in [1.82, 2.24) is 10.2 Å². The molecule has 1 aliphatic carbocycles. The van der Waals surface area contributed by atoms with Crippen LogP contribution in [-0.4, -0.2) is 16.1 Å². The average molecular weight is 389 g/mol. The summed E-state index contributed by atoms with van der Waals surface area (Å²) in [6.45, 7) is 2.04. The average Bonchev–Trinajstić information content (AvgIpc) is 3.24. The van der Waals surface area contributed by atoms with Gasteiger partial charge in [0, 0.05) is 23.2 Å². The van der Waals surface area contributed by atoms with Crippen LogP contribution in [0, 0.1) is 12.8 Å². The van der Waals surface area contributed by atoms with E-state index in [1.807, 2.05) is 55.5 Å². The van der Waals surface area contributed by atoms with Crippen molar-refractivity contribution in [3.63, 3.8) is 0 Å². The number of rotatable bonds is 6. The maximum atomic E-state index is 12.2. The summed E-state index contributed by atoms with van der Waals surface area (Å²) >= 11 is 0. The highest BCUT2D eigenvalue weighted by Crippen LogP contribution is 2.28. The topological polar surface area (TPSA) is 68.0 Å². The van der Waals surface area contributed by atoms with Gasteiger partial charge in [-0.15, -0.1) is 10.2 Å². The van der Waals surface area contributed by atoms with Gasteiger partial charge in [-0.2, -0.15) is 0 Å². The van der Waals surface area contributed by atoms with E-state index in [1.54, 1.807) is 0 Å². The van der Waals surface area contributed by atoms with Gasteiger partial charge in [-0.05, 0) is 55.7 Å². The van der Waals surface area contributed by atoms with Crippen molar-refractivity contribution in [2.45, 2.75) is 51.9 Å². The number of carbonyl (C=O) groups excluding carboxylic acids is 1. The summed E-state index contributed by atoms with van der Waals surface area (Å²) in [6, 6.07) is 15.5. The molecule has 0 unspecified atom stereocenters. The molecule has 2 aromatic carbocycles. The van der Waals surface area contributed by atoms with Gasteiger partial charge >= 0.3 is 0 Å². The highest BCUT2D eigenvalue weighted by molar-refractivity contribution is 5.90. The summed E-state index contributed by atoms with van der Waals surface area (Å²) in [4.78, 5) is 12.2. The van der Waals surface area contributed by atoms with E-state index >= 15 is 0 Å². The van der Waals surface area contributed by atoms with Crippen LogP contribution < -0.4 is 5.32 Å². The molecule has 5 nitrogen and oxygen atoms in total. The van der Waals surface area contributed by atoms with Gasteiger partial charge in [0.25, 0.3) is 0 Å². The number of aromatic nitrogens is 2. The Kier molecular flexibility index (Phi) is 6.03. The summed E-state index contributed by atoms with van der Waals surface area (Å²) in [5.74, 6) is 1.77. The fourth-order valence-corrected chi connectivity index (χ4v) is 3.88. The standard InChI is InChI=1S/C24H27N3O2/c1-17-7-10-19(11-8-17)23-26-27-24(29-23)20-12-14-21(15-13-20)25-22(28)16-9-18-5-3-2-4-6-18/h7-8,10-15,18H,2-6,9,16H2,1H3,(H,25,28). The van der Waals surface area contributed by atoms with Crippen LogP contribution in [0.15, 0.2) is 52.9 Å². The third-order valence-electron chi connectivity index (χ3n) is 5.64. The Hall–Kier alpha value is -2.95. The van der Waals surface area contributed by atoms with Crippen LogP contribution >= 0.6 is 0 Å². The minimum Gasteiger partial charge on any atom is -0.416 e. The summed E-state index contributed by atoms with van der Waals surface area (Å²) in [6.07, 6.45) is 8.11. The number of carbonyl (C=O) groups is 1. The lowest BCUT2D eigenvalue weighted by molar-refractivity contribution is -0.116. The van der Waals surface area contributed by atoms with E-state index in [4.69, 9.17) is 4.42 Å². The molecule has 0 atom stereocenters. The normalized spacial score (nSPS) is 14.7. The number of hydrogen-bond donors (Lipinski definition) is 1. The zero-order chi connectivity index (χ0) is 20.1. The molecule has 0 radical (unpaired) electrons. The lowest BCUT2D eigenvalue weighted by Gasteiger charge is -2.20. The minimum absolute atomic E-state index is 0.0859. The van der Waals surface area contributed by atoms with Gasteiger partial charge in [0.2, 0.25) is 17.7 Å². The first-order valence-electron chi connectivity index (χ1n) is 10.5. The number of anilines is 1. The van der Waals surface area contributed by atoms with E-state index in [0.717, 1.165) is 29.2 Å². The van der Waals surface area contributed by atoms with E-state index < -0.39 is 0 Å². The molecule has 4 rings (SSSR count). The second kappa shape index (κ2) is 9.03. The lowest BCUT2D eigenvalue weighted by Crippen LogP contribution is -2.14. The Morgan fingerprint density at radius 3 is 2.14 bits per heavy atom. The summed E-state index contributed by atoms with van der Waals surface area (Å²) in [5.41, 5.74) is 3.71. The molecule has 1 N–H and O–H groups in total. The zero-order valence-electron chi connectivity index (χ0n) is 16.9. The van der Waals surface area contributed by atoms with E-state index in [1.165, 1.54) is 37.7 Å². The SMILES string of the molecule is Cc1ccc(-c2nnc(-c3ccc(NC(=O)CCC4CCCCC4)cc3)o2)cc1. The Morgan fingerprint density at radius 2 is 1.52 bits per heavy atom. The molecule has 5 heteroatoms. The van der Waals surface area contributed by atoms with Crippen molar-refractivity contribution >= 4 is 11.6 Å². The molecule has 1 aromatic heterocycles. The van der Waals surface area contributed by atoms with Crippen molar-refractivity contribution in [1.29, 1.82) is 0 Å². The van der Waals surface area contributed by atoms with Crippen LogP contribution in [0.5, 0.6) is 0 Å². The Balaban J connectivity index is 1.34. The quantitative estimate of drug-likeness (QED) is 0.560. The lowest BCUT2D eigenvalue weighted by atomic mass is 9.86. The minimum atomic E-state index is 0.0859. The van der Waals surface area contributed by atoms with Crippen molar-refractivity contribution in [2.75, 3.05) is 5.32 Å². The van der Waals surface area contributed by atoms with E-state index in [9.17, 15) is 4.79 Å². The summed E-state index contributed by atoms with van der Waals surface area (Å²) in [7, 11) is 0. The molecule has 1 heterocycles. The van der Waals surface area contributed by atoms with Crippen LogP contribution in [0.3, 0.4) is 0 Å². The van der Waals surface area contributed by atoms with Gasteiger partial charge in [0.05, 0.1) is 0 Å². The van der Waals surface area contributed by atoms with Crippen molar-refractivity contribution < 1.29 is 9.21 Å². The Bertz CT molecular complexity index is 939. The van der Waals surface area contributed by atoms with Gasteiger partial charge in [-0.1, -0.05) is 49.8 Å². The molecule has 3 aromatic rings. The Morgan fingerprint density at radius 1 is 0.931 bits per heavy atom. The van der Waals surface area contributed by atoms with Gasteiger partial charge in [-0.3, -0.25) is 4.79 Å². The molecule has 1 saturated carbocycles. The van der Waals surface area contributed by atoms with Gasteiger partial charge in [0.15, 0.2) is 0 Å². The van der Waals surface area contributed by atoms with Crippen molar-refractivity contribution in [3.8, 4) is 22.9 Å².